The number of carbonyl (C=O) groups excluding carboxylic acids is 2. The standard InChI is InChI=1S/C17H20N4O2SSi/c1-25(2,3)14-6-4-5-13(9-14)24-16-18-10-12(11-19-16)21-8-7-15(22)20-17(21)23/h4-6,9-11H,7-8H2,1-3H3,(H,20,22,23). The molecule has 130 valence electrons. The number of aromatic nitrogens is 2. The molecule has 8 heteroatoms. The summed E-state index contributed by atoms with van der Waals surface area (Å²) in [6.07, 6.45) is 3.52. The number of rotatable bonds is 4. The van der Waals surface area contributed by atoms with Gasteiger partial charge in [-0.15, -0.1) is 0 Å². The average molecular weight is 373 g/mol. The second-order valence-corrected chi connectivity index (χ2v) is 13.0. The van der Waals surface area contributed by atoms with Gasteiger partial charge in [0, 0.05) is 17.9 Å². The number of carbonyl (C=O) groups is 2. The molecule has 0 unspecified atom stereocenters. The summed E-state index contributed by atoms with van der Waals surface area (Å²) in [6.45, 7) is 7.29. The van der Waals surface area contributed by atoms with Crippen molar-refractivity contribution in [2.45, 2.75) is 36.1 Å². The maximum atomic E-state index is 11.8. The zero-order chi connectivity index (χ0) is 18.0. The molecule has 0 spiro atoms. The van der Waals surface area contributed by atoms with Crippen molar-refractivity contribution in [2.24, 2.45) is 0 Å². The molecule has 1 aliphatic heterocycles. The molecule has 3 rings (SSSR count). The number of nitrogens with one attached hydrogen (secondary N) is 1. The summed E-state index contributed by atoms with van der Waals surface area (Å²) >= 11 is 1.50. The molecule has 1 aromatic heterocycles. The molecule has 2 aromatic rings. The Morgan fingerprint density at radius 1 is 1.16 bits per heavy atom. The van der Waals surface area contributed by atoms with Gasteiger partial charge in [0.2, 0.25) is 5.91 Å². The van der Waals surface area contributed by atoms with Crippen molar-refractivity contribution in [3.63, 3.8) is 0 Å². The first kappa shape index (κ1) is 17.6. The molecule has 0 radical (unpaired) electrons. The summed E-state index contributed by atoms with van der Waals surface area (Å²) in [5, 5.41) is 4.32. The van der Waals surface area contributed by atoms with Gasteiger partial charge in [-0.2, -0.15) is 0 Å². The van der Waals surface area contributed by atoms with Crippen LogP contribution in [0.1, 0.15) is 6.42 Å². The van der Waals surface area contributed by atoms with Crippen LogP contribution in [0.15, 0.2) is 46.7 Å². The van der Waals surface area contributed by atoms with E-state index in [-0.39, 0.29) is 12.3 Å². The number of urea groups is 1. The van der Waals surface area contributed by atoms with E-state index in [9.17, 15) is 9.59 Å². The summed E-state index contributed by atoms with van der Waals surface area (Å²) in [6, 6.07) is 8.08. The summed E-state index contributed by atoms with van der Waals surface area (Å²) in [5.74, 6) is -0.253. The van der Waals surface area contributed by atoms with Gasteiger partial charge in [0.05, 0.1) is 26.2 Å². The van der Waals surface area contributed by atoms with Crippen LogP contribution in [0.2, 0.25) is 19.6 Å². The third-order valence-corrected chi connectivity index (χ3v) is 6.82. The van der Waals surface area contributed by atoms with Crippen LogP contribution in [0.5, 0.6) is 0 Å². The maximum absolute atomic E-state index is 11.8. The number of hydrogen-bond acceptors (Lipinski definition) is 5. The molecule has 0 bridgehead atoms. The van der Waals surface area contributed by atoms with Crippen molar-refractivity contribution in [3.8, 4) is 0 Å². The first-order valence-electron chi connectivity index (χ1n) is 8.05. The van der Waals surface area contributed by atoms with Crippen LogP contribution in [-0.4, -0.2) is 36.5 Å². The van der Waals surface area contributed by atoms with Gasteiger partial charge in [-0.3, -0.25) is 15.0 Å². The Labute approximate surface area is 152 Å². The zero-order valence-corrected chi connectivity index (χ0v) is 16.3. The fraction of sp³-hybridized carbons (Fsp3) is 0.294. The molecule has 0 aliphatic carbocycles. The summed E-state index contributed by atoms with van der Waals surface area (Å²) in [4.78, 5) is 34.3. The van der Waals surface area contributed by atoms with Crippen molar-refractivity contribution in [2.75, 3.05) is 11.4 Å². The molecule has 1 N–H and O–H groups in total. The molecule has 6 nitrogen and oxygen atoms in total. The predicted molar refractivity (Wildman–Crippen MR) is 101 cm³/mol. The highest BCUT2D eigenvalue weighted by molar-refractivity contribution is 7.99. The Morgan fingerprint density at radius 2 is 1.88 bits per heavy atom. The molecule has 2 heterocycles. The lowest BCUT2D eigenvalue weighted by Gasteiger charge is -2.25. The fourth-order valence-corrected chi connectivity index (χ4v) is 4.49. The minimum absolute atomic E-state index is 0.253. The van der Waals surface area contributed by atoms with Crippen molar-refractivity contribution in [1.29, 1.82) is 0 Å². The van der Waals surface area contributed by atoms with Crippen LogP contribution in [0.25, 0.3) is 0 Å². The summed E-state index contributed by atoms with van der Waals surface area (Å²) in [5.41, 5.74) is 0.588. The highest BCUT2D eigenvalue weighted by atomic mass is 32.2. The molecule has 1 fully saturated rings. The van der Waals surface area contributed by atoms with Gasteiger partial charge < -0.3 is 0 Å². The largest absolute Gasteiger partial charge is 0.328 e. The zero-order valence-electron chi connectivity index (χ0n) is 14.4. The van der Waals surface area contributed by atoms with E-state index in [0.717, 1.165) is 4.90 Å². The minimum Gasteiger partial charge on any atom is -0.291 e. The second kappa shape index (κ2) is 6.97. The Hall–Kier alpha value is -2.19. The molecular formula is C17H20N4O2SSi. The summed E-state index contributed by atoms with van der Waals surface area (Å²) in [7, 11) is -1.36. The Balaban J connectivity index is 1.73. The van der Waals surface area contributed by atoms with Crippen LogP contribution >= 0.6 is 11.8 Å². The van der Waals surface area contributed by atoms with Crippen molar-refractivity contribution < 1.29 is 9.59 Å². The molecular weight excluding hydrogens is 352 g/mol. The molecule has 1 aromatic carbocycles. The quantitative estimate of drug-likeness (QED) is 0.660. The van der Waals surface area contributed by atoms with E-state index in [1.165, 1.54) is 21.8 Å². The normalized spacial score (nSPS) is 15.2. The van der Waals surface area contributed by atoms with Crippen LogP contribution in [0, 0.1) is 0 Å². The monoisotopic (exact) mass is 372 g/mol. The Bertz CT molecular complexity index is 805. The predicted octanol–water partition coefficient (Wildman–Crippen LogP) is 2.62. The van der Waals surface area contributed by atoms with E-state index >= 15 is 0 Å². The van der Waals surface area contributed by atoms with E-state index in [4.69, 9.17) is 0 Å². The molecule has 0 saturated carbocycles. The van der Waals surface area contributed by atoms with Crippen molar-refractivity contribution in [3.05, 3.63) is 36.7 Å². The van der Waals surface area contributed by atoms with Gasteiger partial charge in [0.25, 0.3) is 0 Å². The van der Waals surface area contributed by atoms with Gasteiger partial charge in [0.15, 0.2) is 5.16 Å². The lowest BCUT2D eigenvalue weighted by molar-refractivity contribution is -0.120. The average Bonchev–Trinajstić information content (AvgIpc) is 2.55. The number of amides is 3. The highest BCUT2D eigenvalue weighted by Crippen LogP contribution is 2.25. The van der Waals surface area contributed by atoms with Crippen LogP contribution < -0.4 is 15.4 Å². The van der Waals surface area contributed by atoms with Gasteiger partial charge in [-0.05, 0) is 23.9 Å². The Kier molecular flexibility index (Phi) is 4.91. The van der Waals surface area contributed by atoms with E-state index in [0.29, 0.717) is 17.4 Å². The number of imide groups is 1. The third kappa shape index (κ3) is 4.26. The molecule has 3 amide bonds. The van der Waals surface area contributed by atoms with Crippen LogP contribution in [0.4, 0.5) is 10.5 Å². The van der Waals surface area contributed by atoms with Crippen molar-refractivity contribution in [1.82, 2.24) is 15.3 Å². The van der Waals surface area contributed by atoms with Gasteiger partial charge in [-0.25, -0.2) is 14.8 Å². The minimum atomic E-state index is -1.36. The van der Waals surface area contributed by atoms with Crippen molar-refractivity contribution >= 4 is 42.6 Å². The Morgan fingerprint density at radius 3 is 2.52 bits per heavy atom. The van der Waals surface area contributed by atoms with Gasteiger partial charge in [-0.1, -0.05) is 37.0 Å². The first-order chi connectivity index (χ1) is 11.8. The summed E-state index contributed by atoms with van der Waals surface area (Å²) < 4.78 is 0. The molecule has 1 aliphatic rings. The lowest BCUT2D eigenvalue weighted by Crippen LogP contribution is -2.49. The number of anilines is 1. The topological polar surface area (TPSA) is 75.2 Å². The second-order valence-electron chi connectivity index (χ2n) is 6.86. The number of nitrogens with zero attached hydrogens (tertiary/aromatic N) is 3. The van der Waals surface area contributed by atoms with Crippen LogP contribution in [0.3, 0.4) is 0 Å². The van der Waals surface area contributed by atoms with E-state index in [1.807, 2.05) is 0 Å². The fourth-order valence-electron chi connectivity index (χ4n) is 2.44. The van der Waals surface area contributed by atoms with E-state index in [1.54, 1.807) is 12.4 Å². The van der Waals surface area contributed by atoms with Gasteiger partial charge in [0.1, 0.15) is 0 Å². The molecule has 25 heavy (non-hydrogen) atoms. The van der Waals surface area contributed by atoms with E-state index < -0.39 is 14.1 Å². The SMILES string of the molecule is C[Si](C)(C)c1cccc(Sc2ncc(N3CCC(=O)NC3=O)cn2)c1. The maximum Gasteiger partial charge on any atom is 0.328 e. The highest BCUT2D eigenvalue weighted by Gasteiger charge is 2.24. The molecule has 1 saturated heterocycles. The van der Waals surface area contributed by atoms with Crippen LogP contribution in [-0.2, 0) is 4.79 Å². The first-order valence-corrected chi connectivity index (χ1v) is 12.4. The molecule has 0 atom stereocenters. The van der Waals surface area contributed by atoms with Gasteiger partial charge >= 0.3 is 6.03 Å². The number of benzene rings is 1. The lowest BCUT2D eigenvalue weighted by atomic mass is 10.3. The number of hydrogen-bond donors (Lipinski definition) is 1. The third-order valence-electron chi connectivity index (χ3n) is 3.89. The smallest absolute Gasteiger partial charge is 0.291 e. The van der Waals surface area contributed by atoms with E-state index in [2.05, 4.69) is 59.2 Å².